The van der Waals surface area contributed by atoms with Crippen molar-refractivity contribution in [1.29, 1.82) is 0 Å². The average Bonchev–Trinajstić information content (AvgIpc) is 2.07. The predicted octanol–water partition coefficient (Wildman–Crippen LogP) is 2.45. The van der Waals surface area contributed by atoms with Gasteiger partial charge in [-0.25, -0.2) is 4.79 Å². The van der Waals surface area contributed by atoms with Crippen molar-refractivity contribution in [3.05, 3.63) is 0 Å². The number of hydrogen-bond acceptors (Lipinski definition) is 3. The molecule has 1 rings (SSSR count). The van der Waals surface area contributed by atoms with Crippen molar-refractivity contribution in [2.75, 3.05) is 0 Å². The number of alkyl halides is 1. The highest BCUT2D eigenvalue weighted by molar-refractivity contribution is 6.45. The number of ketones is 1. The zero-order valence-electron chi connectivity index (χ0n) is 9.43. The maximum absolute atomic E-state index is 11.8. The molecular weight excluding hydrogens is 216 g/mol. The Labute approximate surface area is 95.1 Å². The van der Waals surface area contributed by atoms with Gasteiger partial charge in [-0.2, -0.15) is 0 Å². The topological polar surface area (TPSA) is 43.4 Å². The Balaban J connectivity index is 2.76. The molecule has 0 amide bonds. The lowest BCUT2D eigenvalue weighted by atomic mass is 9.87. The number of rotatable bonds is 1. The van der Waals surface area contributed by atoms with Gasteiger partial charge in [0.2, 0.25) is 0 Å². The van der Waals surface area contributed by atoms with E-state index in [1.807, 2.05) is 0 Å². The summed E-state index contributed by atoms with van der Waals surface area (Å²) in [6.07, 6.45) is 2.38. The molecule has 1 unspecified atom stereocenters. The SMILES string of the molecule is CC(C)(C)OC(=O)C1(Cl)CCCCC1=O. The summed E-state index contributed by atoms with van der Waals surface area (Å²) in [7, 11) is 0. The second-order valence-corrected chi connectivity index (χ2v) is 5.58. The van der Waals surface area contributed by atoms with Gasteiger partial charge in [0.25, 0.3) is 0 Å². The second kappa shape index (κ2) is 4.12. The quantitative estimate of drug-likeness (QED) is 0.396. The molecule has 0 saturated heterocycles. The molecule has 86 valence electrons. The van der Waals surface area contributed by atoms with Crippen LogP contribution in [0.2, 0.25) is 0 Å². The maximum atomic E-state index is 11.8. The Hall–Kier alpha value is -0.570. The Morgan fingerprint density at radius 2 is 2.00 bits per heavy atom. The van der Waals surface area contributed by atoms with Gasteiger partial charge >= 0.3 is 5.97 Å². The molecule has 0 N–H and O–H groups in total. The van der Waals surface area contributed by atoms with Crippen LogP contribution in [0.25, 0.3) is 0 Å². The molecule has 0 aromatic rings. The molecular formula is C11H17ClO3. The van der Waals surface area contributed by atoms with E-state index in [1.54, 1.807) is 20.8 Å². The smallest absolute Gasteiger partial charge is 0.335 e. The molecule has 0 heterocycles. The van der Waals surface area contributed by atoms with Gasteiger partial charge in [0.15, 0.2) is 10.7 Å². The molecule has 15 heavy (non-hydrogen) atoms. The van der Waals surface area contributed by atoms with Gasteiger partial charge in [0.05, 0.1) is 0 Å². The summed E-state index contributed by atoms with van der Waals surface area (Å²) in [6.45, 7) is 5.29. The Bertz CT molecular complexity index is 280. The van der Waals surface area contributed by atoms with Crippen molar-refractivity contribution in [2.24, 2.45) is 0 Å². The van der Waals surface area contributed by atoms with Crippen LogP contribution in [0.5, 0.6) is 0 Å². The molecule has 1 aliphatic carbocycles. The largest absolute Gasteiger partial charge is 0.458 e. The molecule has 0 aromatic heterocycles. The fraction of sp³-hybridized carbons (Fsp3) is 0.818. The van der Waals surface area contributed by atoms with Crippen LogP contribution in [0.3, 0.4) is 0 Å². The highest BCUT2D eigenvalue weighted by atomic mass is 35.5. The van der Waals surface area contributed by atoms with E-state index >= 15 is 0 Å². The Kier molecular flexibility index (Phi) is 3.44. The van der Waals surface area contributed by atoms with E-state index < -0.39 is 16.4 Å². The summed E-state index contributed by atoms with van der Waals surface area (Å²) < 4.78 is 5.16. The first-order chi connectivity index (χ1) is 6.76. The van der Waals surface area contributed by atoms with Crippen molar-refractivity contribution in [1.82, 2.24) is 0 Å². The summed E-state index contributed by atoms with van der Waals surface area (Å²) in [5.41, 5.74) is -0.600. The molecule has 1 aliphatic rings. The minimum atomic E-state index is -1.43. The summed E-state index contributed by atoms with van der Waals surface area (Å²) in [5, 5.41) is 0. The minimum Gasteiger partial charge on any atom is -0.458 e. The zero-order chi connectivity index (χ0) is 11.7. The molecule has 0 aliphatic heterocycles. The van der Waals surface area contributed by atoms with Crippen molar-refractivity contribution in [3.63, 3.8) is 0 Å². The molecule has 3 nitrogen and oxygen atoms in total. The molecule has 0 spiro atoms. The van der Waals surface area contributed by atoms with Crippen LogP contribution in [-0.4, -0.2) is 22.2 Å². The summed E-state index contributed by atoms with van der Waals surface area (Å²) in [5.74, 6) is -0.800. The molecule has 0 aromatic carbocycles. The van der Waals surface area contributed by atoms with E-state index in [4.69, 9.17) is 16.3 Å². The van der Waals surface area contributed by atoms with Crippen LogP contribution in [0.4, 0.5) is 0 Å². The van der Waals surface area contributed by atoms with E-state index in [9.17, 15) is 9.59 Å². The first-order valence-corrected chi connectivity index (χ1v) is 5.59. The number of hydrogen-bond donors (Lipinski definition) is 0. The van der Waals surface area contributed by atoms with Gasteiger partial charge < -0.3 is 4.74 Å². The third-order valence-electron chi connectivity index (χ3n) is 2.34. The van der Waals surface area contributed by atoms with Crippen LogP contribution in [0.15, 0.2) is 0 Å². The lowest BCUT2D eigenvalue weighted by molar-refractivity contribution is -0.161. The lowest BCUT2D eigenvalue weighted by Gasteiger charge is -2.30. The highest BCUT2D eigenvalue weighted by Crippen LogP contribution is 2.33. The fourth-order valence-corrected chi connectivity index (χ4v) is 1.83. The van der Waals surface area contributed by atoms with Crippen molar-refractivity contribution in [2.45, 2.75) is 56.9 Å². The van der Waals surface area contributed by atoms with Gasteiger partial charge in [-0.3, -0.25) is 4.79 Å². The van der Waals surface area contributed by atoms with E-state index in [1.165, 1.54) is 0 Å². The van der Waals surface area contributed by atoms with E-state index in [2.05, 4.69) is 0 Å². The van der Waals surface area contributed by atoms with Gasteiger partial charge in [0, 0.05) is 6.42 Å². The number of esters is 1. The van der Waals surface area contributed by atoms with Gasteiger partial charge in [0.1, 0.15) is 5.60 Å². The van der Waals surface area contributed by atoms with E-state index in [0.717, 1.165) is 12.8 Å². The third-order valence-corrected chi connectivity index (χ3v) is 2.89. The predicted molar refractivity (Wildman–Crippen MR) is 57.9 cm³/mol. The van der Waals surface area contributed by atoms with E-state index in [0.29, 0.717) is 12.8 Å². The normalized spacial score (nSPS) is 27.6. The minimum absolute atomic E-state index is 0.204. The zero-order valence-corrected chi connectivity index (χ0v) is 10.2. The van der Waals surface area contributed by atoms with Crippen molar-refractivity contribution in [3.8, 4) is 0 Å². The van der Waals surface area contributed by atoms with E-state index in [-0.39, 0.29) is 5.78 Å². The Morgan fingerprint density at radius 1 is 1.40 bits per heavy atom. The molecule has 0 bridgehead atoms. The molecule has 1 fully saturated rings. The lowest BCUT2D eigenvalue weighted by Crippen LogP contribution is -2.47. The molecule has 4 heteroatoms. The van der Waals surface area contributed by atoms with Crippen LogP contribution in [0, 0.1) is 0 Å². The van der Waals surface area contributed by atoms with Gasteiger partial charge in [-0.1, -0.05) is 18.0 Å². The van der Waals surface area contributed by atoms with Crippen LogP contribution < -0.4 is 0 Å². The first kappa shape index (κ1) is 12.5. The van der Waals surface area contributed by atoms with Crippen LogP contribution in [0.1, 0.15) is 46.5 Å². The maximum Gasteiger partial charge on any atom is 0.335 e. The molecule has 1 saturated carbocycles. The van der Waals surface area contributed by atoms with Crippen LogP contribution in [-0.2, 0) is 14.3 Å². The first-order valence-electron chi connectivity index (χ1n) is 5.21. The number of ether oxygens (including phenoxy) is 1. The Morgan fingerprint density at radius 3 is 2.47 bits per heavy atom. The van der Waals surface area contributed by atoms with Gasteiger partial charge in [-0.15, -0.1) is 0 Å². The average molecular weight is 233 g/mol. The number of carbonyl (C=O) groups is 2. The van der Waals surface area contributed by atoms with Crippen molar-refractivity contribution < 1.29 is 14.3 Å². The van der Waals surface area contributed by atoms with Gasteiger partial charge in [-0.05, 0) is 33.6 Å². The summed E-state index contributed by atoms with van der Waals surface area (Å²) in [4.78, 5) is 22.0. The summed E-state index contributed by atoms with van der Waals surface area (Å²) in [6, 6.07) is 0. The molecule has 1 atom stereocenters. The van der Waals surface area contributed by atoms with Crippen molar-refractivity contribution >= 4 is 23.4 Å². The molecule has 0 radical (unpaired) electrons. The summed E-state index contributed by atoms with van der Waals surface area (Å²) >= 11 is 6.06. The standard InChI is InChI=1S/C11H17ClO3/c1-10(2,3)15-9(14)11(12)7-5-4-6-8(11)13/h4-7H2,1-3H3. The second-order valence-electron chi connectivity index (χ2n) is 4.93. The van der Waals surface area contributed by atoms with Crippen LogP contribution >= 0.6 is 11.6 Å². The number of Topliss-reactive ketones (excluding diaryl/α,β-unsaturated/α-hetero) is 1. The fourth-order valence-electron chi connectivity index (χ4n) is 1.57. The number of halogens is 1. The highest BCUT2D eigenvalue weighted by Gasteiger charge is 2.47. The number of carbonyl (C=O) groups excluding carboxylic acids is 2. The monoisotopic (exact) mass is 232 g/mol. The third kappa shape index (κ3) is 2.94.